The first-order chi connectivity index (χ1) is 12.4. The Labute approximate surface area is 157 Å². The van der Waals surface area contributed by atoms with E-state index in [4.69, 9.17) is 4.74 Å². The molecule has 0 bridgehead atoms. The van der Waals surface area contributed by atoms with Crippen molar-refractivity contribution >= 4 is 23.6 Å². The third-order valence-corrected chi connectivity index (χ3v) is 4.98. The number of amides is 1. The molecule has 0 saturated carbocycles. The Morgan fingerprint density at radius 1 is 1.15 bits per heavy atom. The molecule has 138 valence electrons. The molecule has 0 aliphatic carbocycles. The van der Waals surface area contributed by atoms with Crippen molar-refractivity contribution in [1.82, 2.24) is 5.32 Å². The first-order valence-electron chi connectivity index (χ1n) is 8.28. The molecule has 1 atom stereocenters. The number of methoxy groups -OCH3 is 1. The summed E-state index contributed by atoms with van der Waals surface area (Å²) in [5.41, 5.74) is -0.308. The van der Waals surface area contributed by atoms with Crippen LogP contribution in [-0.4, -0.2) is 29.8 Å². The van der Waals surface area contributed by atoms with Gasteiger partial charge in [0.25, 0.3) is 0 Å². The number of hydrogen-bond donors (Lipinski definition) is 2. The van der Waals surface area contributed by atoms with Crippen LogP contribution in [0, 0.1) is 0 Å². The third kappa shape index (κ3) is 5.81. The van der Waals surface area contributed by atoms with E-state index in [1.165, 1.54) is 0 Å². The van der Waals surface area contributed by atoms with Crippen LogP contribution in [0.2, 0.25) is 0 Å². The molecule has 0 fully saturated rings. The molecule has 2 aromatic carbocycles. The highest BCUT2D eigenvalue weighted by Gasteiger charge is 2.31. The predicted molar refractivity (Wildman–Crippen MR) is 103 cm³/mol. The van der Waals surface area contributed by atoms with E-state index >= 15 is 0 Å². The van der Waals surface area contributed by atoms with Crippen molar-refractivity contribution in [2.75, 3.05) is 12.9 Å². The lowest BCUT2D eigenvalue weighted by Gasteiger charge is -2.30. The molecule has 2 aromatic rings. The average Bonchev–Trinajstić information content (AvgIpc) is 2.62. The van der Waals surface area contributed by atoms with Crippen molar-refractivity contribution in [2.45, 2.75) is 30.2 Å². The fraction of sp³-hybridized carbons (Fsp3) is 0.300. The Bertz CT molecular complexity index is 750. The third-order valence-electron chi connectivity index (χ3n) is 3.97. The Balaban J connectivity index is 2.03. The van der Waals surface area contributed by atoms with Crippen LogP contribution < -0.4 is 10.1 Å². The van der Waals surface area contributed by atoms with Crippen LogP contribution in [0.5, 0.6) is 5.75 Å². The van der Waals surface area contributed by atoms with E-state index in [-0.39, 0.29) is 12.3 Å². The molecule has 5 nitrogen and oxygen atoms in total. The van der Waals surface area contributed by atoms with Gasteiger partial charge in [0.2, 0.25) is 5.91 Å². The summed E-state index contributed by atoms with van der Waals surface area (Å²) < 4.78 is 5.21. The Morgan fingerprint density at radius 2 is 1.88 bits per heavy atom. The van der Waals surface area contributed by atoms with Gasteiger partial charge in [-0.05, 0) is 36.8 Å². The fourth-order valence-electron chi connectivity index (χ4n) is 2.64. The van der Waals surface area contributed by atoms with Crippen LogP contribution in [0.15, 0.2) is 59.5 Å². The average molecular weight is 373 g/mol. The van der Waals surface area contributed by atoms with Gasteiger partial charge in [-0.15, -0.1) is 11.8 Å². The smallest absolute Gasteiger partial charge is 0.306 e. The summed E-state index contributed by atoms with van der Waals surface area (Å²) in [6, 6.07) is 17.0. The van der Waals surface area contributed by atoms with E-state index in [9.17, 15) is 14.7 Å². The highest BCUT2D eigenvalue weighted by Crippen LogP contribution is 2.28. The van der Waals surface area contributed by atoms with Crippen LogP contribution in [0.3, 0.4) is 0 Å². The number of carbonyl (C=O) groups is 2. The van der Waals surface area contributed by atoms with Gasteiger partial charge in [0, 0.05) is 17.1 Å². The Hall–Kier alpha value is -2.47. The molecule has 0 aliphatic rings. The zero-order chi connectivity index (χ0) is 19.0. The maximum atomic E-state index is 12.4. The first-order valence-corrected chi connectivity index (χ1v) is 9.27. The van der Waals surface area contributed by atoms with Gasteiger partial charge in [0.05, 0.1) is 19.1 Å². The Kier molecular flexibility index (Phi) is 7.09. The number of thioether (sulfide) groups is 1. The number of rotatable bonds is 9. The molecule has 0 spiro atoms. The molecular formula is C20H23NO4S. The maximum absolute atomic E-state index is 12.4. The van der Waals surface area contributed by atoms with Gasteiger partial charge >= 0.3 is 5.97 Å². The molecule has 0 radical (unpaired) electrons. The van der Waals surface area contributed by atoms with Crippen LogP contribution in [-0.2, 0) is 15.1 Å². The van der Waals surface area contributed by atoms with E-state index in [1.807, 2.05) is 30.3 Å². The number of nitrogens with one attached hydrogen (secondary N) is 1. The number of carboxylic acids is 1. The van der Waals surface area contributed by atoms with Gasteiger partial charge in [-0.25, -0.2) is 0 Å². The number of aliphatic carboxylic acids is 1. The zero-order valence-electron chi connectivity index (χ0n) is 14.9. The molecule has 6 heteroatoms. The second-order valence-corrected chi connectivity index (χ2v) is 7.26. The molecule has 0 heterocycles. The minimum atomic E-state index is -1.01. The van der Waals surface area contributed by atoms with Crippen LogP contribution in [0.4, 0.5) is 0 Å². The van der Waals surface area contributed by atoms with Crippen molar-refractivity contribution < 1.29 is 19.4 Å². The van der Waals surface area contributed by atoms with E-state index in [0.717, 1.165) is 4.90 Å². The number of carbonyl (C=O) groups excluding carboxylic acids is 1. The van der Waals surface area contributed by atoms with E-state index in [1.54, 1.807) is 50.1 Å². The van der Waals surface area contributed by atoms with Gasteiger partial charge in [-0.3, -0.25) is 9.59 Å². The lowest BCUT2D eigenvalue weighted by molar-refractivity contribution is -0.139. The van der Waals surface area contributed by atoms with Gasteiger partial charge in [-0.1, -0.05) is 30.3 Å². The quantitative estimate of drug-likeness (QED) is 0.656. The summed E-state index contributed by atoms with van der Waals surface area (Å²) in [4.78, 5) is 24.8. The summed E-state index contributed by atoms with van der Waals surface area (Å²) >= 11 is 1.59. The minimum absolute atomic E-state index is 0.181. The van der Waals surface area contributed by atoms with Crippen molar-refractivity contribution in [3.05, 3.63) is 60.2 Å². The summed E-state index contributed by atoms with van der Waals surface area (Å²) in [5, 5.41) is 12.2. The summed E-state index contributed by atoms with van der Waals surface area (Å²) in [5.74, 6) is 0.0826. The molecule has 1 unspecified atom stereocenters. The fourth-order valence-corrected chi connectivity index (χ4v) is 3.51. The molecular weight excluding hydrogens is 350 g/mol. The topological polar surface area (TPSA) is 75.6 Å². The minimum Gasteiger partial charge on any atom is -0.497 e. The van der Waals surface area contributed by atoms with Crippen LogP contribution in [0.1, 0.15) is 25.3 Å². The largest absolute Gasteiger partial charge is 0.497 e. The molecule has 1 amide bonds. The maximum Gasteiger partial charge on any atom is 0.306 e. The predicted octanol–water partition coefficient (Wildman–Crippen LogP) is 3.68. The van der Waals surface area contributed by atoms with Crippen molar-refractivity contribution in [2.24, 2.45) is 0 Å². The van der Waals surface area contributed by atoms with Crippen molar-refractivity contribution in [3.8, 4) is 5.75 Å². The van der Waals surface area contributed by atoms with Crippen molar-refractivity contribution in [1.29, 1.82) is 0 Å². The Morgan fingerprint density at radius 3 is 2.54 bits per heavy atom. The number of benzene rings is 2. The SMILES string of the molecule is COc1cccc(C(C)(CC(=O)O)NC(=O)CCSc2ccccc2)c1. The molecule has 0 aromatic heterocycles. The molecule has 2 N–H and O–H groups in total. The standard InChI is InChI=1S/C20H23NO4S/c1-20(14-19(23)24,15-7-6-8-16(13-15)25-2)21-18(22)11-12-26-17-9-4-3-5-10-17/h3-10,13H,11-12,14H2,1-2H3,(H,21,22)(H,23,24). The highest BCUT2D eigenvalue weighted by molar-refractivity contribution is 7.99. The zero-order valence-corrected chi connectivity index (χ0v) is 15.7. The number of ether oxygens (including phenoxy) is 1. The van der Waals surface area contributed by atoms with E-state index < -0.39 is 11.5 Å². The van der Waals surface area contributed by atoms with Crippen molar-refractivity contribution in [3.63, 3.8) is 0 Å². The lowest BCUT2D eigenvalue weighted by Crippen LogP contribution is -2.45. The summed E-state index contributed by atoms with van der Waals surface area (Å²) in [6.07, 6.45) is 0.0937. The monoisotopic (exact) mass is 373 g/mol. The molecule has 0 aliphatic heterocycles. The first kappa shape index (κ1) is 19.8. The van der Waals surface area contributed by atoms with Gasteiger partial charge in [-0.2, -0.15) is 0 Å². The highest BCUT2D eigenvalue weighted by atomic mass is 32.2. The van der Waals surface area contributed by atoms with E-state index in [2.05, 4.69) is 5.32 Å². The second-order valence-electron chi connectivity index (χ2n) is 6.09. The molecule has 0 saturated heterocycles. The van der Waals surface area contributed by atoms with Gasteiger partial charge in [0.15, 0.2) is 0 Å². The normalized spacial score (nSPS) is 12.8. The van der Waals surface area contributed by atoms with Crippen LogP contribution in [0.25, 0.3) is 0 Å². The van der Waals surface area contributed by atoms with Crippen LogP contribution >= 0.6 is 11.8 Å². The van der Waals surface area contributed by atoms with Gasteiger partial charge < -0.3 is 15.2 Å². The second kappa shape index (κ2) is 9.29. The van der Waals surface area contributed by atoms with Gasteiger partial charge in [0.1, 0.15) is 5.75 Å². The lowest BCUT2D eigenvalue weighted by atomic mass is 9.88. The van der Waals surface area contributed by atoms with E-state index in [0.29, 0.717) is 23.5 Å². The summed E-state index contributed by atoms with van der Waals surface area (Å²) in [7, 11) is 1.55. The number of carboxylic acid groups (broad SMARTS) is 1. The number of hydrogen-bond acceptors (Lipinski definition) is 4. The molecule has 2 rings (SSSR count). The molecule has 26 heavy (non-hydrogen) atoms. The summed E-state index contributed by atoms with van der Waals surface area (Å²) in [6.45, 7) is 1.72.